The Bertz CT molecular complexity index is 514. The van der Waals surface area contributed by atoms with Gasteiger partial charge in [-0.25, -0.2) is 0 Å². The van der Waals surface area contributed by atoms with Gasteiger partial charge in [-0.3, -0.25) is 0 Å². The average molecular weight is 247 g/mol. The van der Waals surface area contributed by atoms with Crippen molar-refractivity contribution in [2.75, 3.05) is 14.2 Å². The maximum atomic E-state index is 5.99. The molecule has 2 unspecified atom stereocenters. The molecule has 0 aliphatic heterocycles. The molecular formula is C15H21NO2. The van der Waals surface area contributed by atoms with Crippen LogP contribution in [0.5, 0.6) is 0 Å². The third-order valence-corrected chi connectivity index (χ3v) is 3.45. The quantitative estimate of drug-likeness (QED) is 0.879. The zero-order valence-corrected chi connectivity index (χ0v) is 11.5. The molecule has 0 aliphatic carbocycles. The summed E-state index contributed by atoms with van der Waals surface area (Å²) in [5, 5.41) is 4.43. The van der Waals surface area contributed by atoms with Crippen molar-refractivity contribution in [2.45, 2.75) is 32.4 Å². The van der Waals surface area contributed by atoms with Gasteiger partial charge in [-0.2, -0.15) is 0 Å². The molecule has 0 fully saturated rings. The summed E-state index contributed by atoms with van der Waals surface area (Å²) in [4.78, 5) is 0. The molecule has 3 nitrogen and oxygen atoms in total. The van der Waals surface area contributed by atoms with E-state index in [0.29, 0.717) is 0 Å². The molecule has 0 bridgehead atoms. The molecule has 0 aliphatic rings. The first-order valence-electron chi connectivity index (χ1n) is 6.40. The van der Waals surface area contributed by atoms with Crippen LogP contribution in [-0.2, 0) is 4.74 Å². The van der Waals surface area contributed by atoms with Crippen molar-refractivity contribution in [3.05, 3.63) is 35.6 Å². The van der Waals surface area contributed by atoms with E-state index in [-0.39, 0.29) is 12.1 Å². The molecule has 1 N–H and O–H groups in total. The molecule has 0 saturated heterocycles. The summed E-state index contributed by atoms with van der Waals surface area (Å²) in [6.07, 6.45) is 1.06. The number of rotatable bonds is 5. The number of methoxy groups -OCH3 is 1. The molecule has 0 radical (unpaired) electrons. The third-order valence-electron chi connectivity index (χ3n) is 3.45. The molecule has 98 valence electrons. The molecule has 3 heteroatoms. The van der Waals surface area contributed by atoms with Gasteiger partial charge in [-0.05, 0) is 32.0 Å². The van der Waals surface area contributed by atoms with Crippen molar-refractivity contribution in [1.82, 2.24) is 5.32 Å². The van der Waals surface area contributed by atoms with Crippen LogP contribution in [0.1, 0.15) is 30.7 Å². The van der Waals surface area contributed by atoms with Gasteiger partial charge in [0.25, 0.3) is 0 Å². The van der Waals surface area contributed by atoms with Crippen LogP contribution in [0, 0.1) is 6.92 Å². The summed E-state index contributed by atoms with van der Waals surface area (Å²) >= 11 is 0. The fourth-order valence-electron chi connectivity index (χ4n) is 2.43. The molecule has 0 saturated carbocycles. The fraction of sp³-hybridized carbons (Fsp3) is 0.467. The molecule has 1 aromatic heterocycles. The monoisotopic (exact) mass is 247 g/mol. The number of ether oxygens (including phenoxy) is 1. The van der Waals surface area contributed by atoms with E-state index in [1.54, 1.807) is 7.11 Å². The van der Waals surface area contributed by atoms with E-state index in [1.807, 2.05) is 7.05 Å². The number of nitrogens with one attached hydrogen (secondary N) is 1. The molecule has 1 heterocycles. The van der Waals surface area contributed by atoms with Crippen LogP contribution in [0.2, 0.25) is 0 Å². The summed E-state index contributed by atoms with van der Waals surface area (Å²) in [5.74, 6) is 0.940. The molecule has 2 atom stereocenters. The zero-order chi connectivity index (χ0) is 13.1. The van der Waals surface area contributed by atoms with Gasteiger partial charge in [-0.15, -0.1) is 0 Å². The molecule has 2 aromatic rings. The lowest BCUT2D eigenvalue weighted by molar-refractivity contribution is 0.0611. The van der Waals surface area contributed by atoms with E-state index in [0.717, 1.165) is 23.2 Å². The van der Waals surface area contributed by atoms with Crippen LogP contribution in [0.25, 0.3) is 11.0 Å². The van der Waals surface area contributed by atoms with E-state index in [9.17, 15) is 0 Å². The number of para-hydroxylation sites is 1. The predicted molar refractivity (Wildman–Crippen MR) is 73.8 cm³/mol. The number of hydrogen-bond donors (Lipinski definition) is 1. The topological polar surface area (TPSA) is 34.4 Å². The van der Waals surface area contributed by atoms with Crippen LogP contribution >= 0.6 is 0 Å². The van der Waals surface area contributed by atoms with E-state index in [2.05, 4.69) is 43.4 Å². The van der Waals surface area contributed by atoms with Crippen LogP contribution in [-0.4, -0.2) is 20.3 Å². The number of fused-ring (bicyclic) bond motifs is 1. The summed E-state index contributed by atoms with van der Waals surface area (Å²) in [7, 11) is 3.68. The number of hydrogen-bond acceptors (Lipinski definition) is 3. The van der Waals surface area contributed by atoms with E-state index < -0.39 is 0 Å². The highest BCUT2D eigenvalue weighted by Crippen LogP contribution is 2.29. The summed E-state index contributed by atoms with van der Waals surface area (Å²) < 4.78 is 11.5. The second-order valence-electron chi connectivity index (χ2n) is 4.59. The zero-order valence-electron chi connectivity index (χ0n) is 11.5. The van der Waals surface area contributed by atoms with Crippen molar-refractivity contribution >= 4 is 11.0 Å². The Morgan fingerprint density at radius 3 is 2.72 bits per heavy atom. The Morgan fingerprint density at radius 2 is 2.17 bits per heavy atom. The van der Waals surface area contributed by atoms with Gasteiger partial charge < -0.3 is 14.5 Å². The van der Waals surface area contributed by atoms with Crippen LogP contribution in [0.3, 0.4) is 0 Å². The number of furan rings is 1. The van der Waals surface area contributed by atoms with Crippen molar-refractivity contribution in [1.29, 1.82) is 0 Å². The normalized spacial score (nSPS) is 14.9. The van der Waals surface area contributed by atoms with Crippen molar-refractivity contribution in [2.24, 2.45) is 0 Å². The predicted octanol–water partition coefficient (Wildman–Crippen LogP) is 3.43. The van der Waals surface area contributed by atoms with Crippen molar-refractivity contribution in [3.8, 4) is 0 Å². The molecular weight excluding hydrogens is 226 g/mol. The number of benzene rings is 1. The van der Waals surface area contributed by atoms with Crippen molar-refractivity contribution in [3.63, 3.8) is 0 Å². The molecule has 2 rings (SSSR count). The Kier molecular flexibility index (Phi) is 4.04. The van der Waals surface area contributed by atoms with Crippen molar-refractivity contribution < 1.29 is 9.15 Å². The van der Waals surface area contributed by atoms with Gasteiger partial charge in [0.2, 0.25) is 0 Å². The fourth-order valence-corrected chi connectivity index (χ4v) is 2.43. The smallest absolute Gasteiger partial charge is 0.137 e. The maximum absolute atomic E-state index is 5.99. The minimum atomic E-state index is 0.0896. The largest absolute Gasteiger partial charge is 0.459 e. The first-order chi connectivity index (χ1) is 8.71. The highest BCUT2D eigenvalue weighted by Gasteiger charge is 2.23. The lowest BCUT2D eigenvalue weighted by Crippen LogP contribution is -2.30. The van der Waals surface area contributed by atoms with Crippen LogP contribution in [0.15, 0.2) is 28.7 Å². The lowest BCUT2D eigenvalue weighted by Gasteiger charge is -2.22. The summed E-state index contributed by atoms with van der Waals surface area (Å²) in [6.45, 7) is 4.18. The van der Waals surface area contributed by atoms with E-state index >= 15 is 0 Å². The Labute approximate surface area is 108 Å². The minimum Gasteiger partial charge on any atom is -0.459 e. The first kappa shape index (κ1) is 13.1. The number of aryl methyl sites for hydroxylation is 1. The Hall–Kier alpha value is -1.32. The van der Waals surface area contributed by atoms with Gasteiger partial charge in [0, 0.05) is 12.5 Å². The van der Waals surface area contributed by atoms with Crippen LogP contribution in [0.4, 0.5) is 0 Å². The highest BCUT2D eigenvalue weighted by atomic mass is 16.5. The second kappa shape index (κ2) is 5.55. The van der Waals surface area contributed by atoms with Gasteiger partial charge >= 0.3 is 0 Å². The van der Waals surface area contributed by atoms with E-state index in [4.69, 9.17) is 9.15 Å². The van der Waals surface area contributed by atoms with Gasteiger partial charge in [0.1, 0.15) is 11.3 Å². The molecule has 0 amide bonds. The number of likely N-dealkylation sites (N-methyl/N-ethyl adjacent to an activating group) is 1. The SMILES string of the molecule is CCC(OC)C(NC)c1cc2cccc(C)c2o1. The minimum absolute atomic E-state index is 0.0896. The average Bonchev–Trinajstić information content (AvgIpc) is 2.80. The second-order valence-corrected chi connectivity index (χ2v) is 4.59. The third kappa shape index (κ3) is 2.28. The van der Waals surface area contributed by atoms with Gasteiger partial charge in [-0.1, -0.05) is 25.1 Å². The highest BCUT2D eigenvalue weighted by molar-refractivity contribution is 5.81. The van der Waals surface area contributed by atoms with Gasteiger partial charge in [0.15, 0.2) is 0 Å². The first-order valence-corrected chi connectivity index (χ1v) is 6.40. The summed E-state index contributed by atoms with van der Waals surface area (Å²) in [6, 6.07) is 8.39. The lowest BCUT2D eigenvalue weighted by atomic mass is 10.1. The molecule has 1 aromatic carbocycles. The molecule has 0 spiro atoms. The maximum Gasteiger partial charge on any atom is 0.137 e. The Morgan fingerprint density at radius 1 is 1.39 bits per heavy atom. The van der Waals surface area contributed by atoms with Gasteiger partial charge in [0.05, 0.1) is 12.1 Å². The summed E-state index contributed by atoms with van der Waals surface area (Å²) in [5.41, 5.74) is 2.14. The van der Waals surface area contributed by atoms with E-state index in [1.165, 1.54) is 5.56 Å². The molecule has 18 heavy (non-hydrogen) atoms. The Balaban J connectivity index is 2.42. The van der Waals surface area contributed by atoms with Crippen LogP contribution < -0.4 is 5.32 Å². The standard InChI is InChI=1S/C15H21NO2/c1-5-12(17-4)14(16-3)13-9-11-8-6-7-10(2)15(11)18-13/h6-9,12,14,16H,5H2,1-4H3.